The third-order valence-electron chi connectivity index (χ3n) is 3.29. The lowest BCUT2D eigenvalue weighted by Gasteiger charge is -2.22. The lowest BCUT2D eigenvalue weighted by atomic mass is 9.88. The Morgan fingerprint density at radius 3 is 3.12 bits per heavy atom. The van der Waals surface area contributed by atoms with Crippen molar-refractivity contribution < 1.29 is 4.74 Å². The molecule has 3 nitrogen and oxygen atoms in total. The Kier molecular flexibility index (Phi) is 2.13. The largest absolute Gasteiger partial charge is 0.495 e. The molecule has 0 saturated carbocycles. The minimum Gasteiger partial charge on any atom is -0.495 e. The van der Waals surface area contributed by atoms with Gasteiger partial charge in [0.2, 0.25) is 0 Å². The minimum atomic E-state index is 0.0134. The highest BCUT2D eigenvalue weighted by Gasteiger charge is 2.25. The molecule has 2 aromatic rings. The number of aryl methyl sites for hydroxylation is 1. The molecule has 0 bridgehead atoms. The fourth-order valence-electron chi connectivity index (χ4n) is 2.56. The Labute approximate surface area is 98.5 Å². The van der Waals surface area contributed by atoms with Crippen molar-refractivity contribution in [3.63, 3.8) is 0 Å². The molecule has 1 unspecified atom stereocenters. The summed E-state index contributed by atoms with van der Waals surface area (Å²) >= 11 is 6.19. The number of aromatic amines is 1. The summed E-state index contributed by atoms with van der Waals surface area (Å²) in [5.41, 5.74) is 9.56. The highest BCUT2D eigenvalue weighted by atomic mass is 35.5. The van der Waals surface area contributed by atoms with Crippen LogP contribution in [-0.4, -0.2) is 12.1 Å². The molecule has 0 saturated heterocycles. The smallest absolute Gasteiger partial charge is 0.142 e. The van der Waals surface area contributed by atoms with Crippen LogP contribution in [-0.2, 0) is 6.42 Å². The van der Waals surface area contributed by atoms with Gasteiger partial charge >= 0.3 is 0 Å². The maximum atomic E-state index is 6.19. The number of halogens is 1. The summed E-state index contributed by atoms with van der Waals surface area (Å²) in [6, 6.07) is 1.92. The summed E-state index contributed by atoms with van der Waals surface area (Å²) in [6.07, 6.45) is 3.99. The van der Waals surface area contributed by atoms with Crippen LogP contribution in [0.1, 0.15) is 23.6 Å². The molecule has 1 aliphatic rings. The molecule has 1 aromatic carbocycles. The molecule has 4 heteroatoms. The number of aromatic nitrogens is 1. The zero-order valence-corrected chi connectivity index (χ0v) is 9.77. The van der Waals surface area contributed by atoms with Gasteiger partial charge < -0.3 is 15.5 Å². The molecule has 0 fully saturated rings. The van der Waals surface area contributed by atoms with E-state index in [-0.39, 0.29) is 6.04 Å². The second-order valence-corrected chi connectivity index (χ2v) is 4.59. The second kappa shape index (κ2) is 3.40. The fraction of sp³-hybridized carbons (Fsp3) is 0.333. The van der Waals surface area contributed by atoms with Gasteiger partial charge in [-0.3, -0.25) is 0 Å². The summed E-state index contributed by atoms with van der Waals surface area (Å²) < 4.78 is 5.38. The number of methoxy groups -OCH3 is 1. The van der Waals surface area contributed by atoms with Crippen LogP contribution in [0.25, 0.3) is 10.9 Å². The monoisotopic (exact) mass is 236 g/mol. The Morgan fingerprint density at radius 2 is 2.38 bits per heavy atom. The summed E-state index contributed by atoms with van der Waals surface area (Å²) in [4.78, 5) is 3.24. The average molecular weight is 237 g/mol. The SMILES string of the molecule is COc1c(Cl)cc2[nH]cc3c2c1C(N)CC3. The van der Waals surface area contributed by atoms with E-state index in [0.717, 1.165) is 29.7 Å². The Balaban J connectivity index is 2.45. The van der Waals surface area contributed by atoms with E-state index in [9.17, 15) is 0 Å². The number of benzene rings is 1. The lowest BCUT2D eigenvalue weighted by molar-refractivity contribution is 0.405. The van der Waals surface area contributed by atoms with Gasteiger partial charge in [0.1, 0.15) is 5.75 Å². The van der Waals surface area contributed by atoms with Crippen molar-refractivity contribution >= 4 is 22.5 Å². The average Bonchev–Trinajstić information content (AvgIpc) is 2.67. The molecule has 16 heavy (non-hydrogen) atoms. The first-order valence-corrected chi connectivity index (χ1v) is 5.72. The van der Waals surface area contributed by atoms with E-state index in [4.69, 9.17) is 22.1 Å². The van der Waals surface area contributed by atoms with E-state index in [0.29, 0.717) is 5.02 Å². The van der Waals surface area contributed by atoms with Gasteiger partial charge in [0, 0.05) is 28.7 Å². The third kappa shape index (κ3) is 1.19. The van der Waals surface area contributed by atoms with Gasteiger partial charge in [0.15, 0.2) is 0 Å². The van der Waals surface area contributed by atoms with Gasteiger partial charge in [-0.15, -0.1) is 0 Å². The van der Waals surface area contributed by atoms with Gasteiger partial charge in [0.25, 0.3) is 0 Å². The van der Waals surface area contributed by atoms with Crippen molar-refractivity contribution in [2.24, 2.45) is 5.73 Å². The highest BCUT2D eigenvalue weighted by Crippen LogP contribution is 2.43. The number of nitrogens with one attached hydrogen (secondary N) is 1. The van der Waals surface area contributed by atoms with Crippen molar-refractivity contribution in [1.82, 2.24) is 4.98 Å². The summed E-state index contributed by atoms with van der Waals surface area (Å²) in [6.45, 7) is 0. The van der Waals surface area contributed by atoms with Crippen LogP contribution in [0.3, 0.4) is 0 Å². The van der Waals surface area contributed by atoms with E-state index in [1.165, 1.54) is 10.9 Å². The lowest BCUT2D eigenvalue weighted by Crippen LogP contribution is -2.16. The van der Waals surface area contributed by atoms with Gasteiger partial charge in [-0.25, -0.2) is 0 Å². The van der Waals surface area contributed by atoms with Gasteiger partial charge in [-0.05, 0) is 24.5 Å². The van der Waals surface area contributed by atoms with Crippen LogP contribution in [0.2, 0.25) is 5.02 Å². The van der Waals surface area contributed by atoms with Crippen LogP contribution >= 0.6 is 11.6 Å². The van der Waals surface area contributed by atoms with Crippen molar-refractivity contribution in [2.45, 2.75) is 18.9 Å². The molecule has 1 aromatic heterocycles. The molecular weight excluding hydrogens is 224 g/mol. The zero-order chi connectivity index (χ0) is 11.3. The highest BCUT2D eigenvalue weighted by molar-refractivity contribution is 6.33. The molecule has 0 amide bonds. The fourth-order valence-corrected chi connectivity index (χ4v) is 2.85. The van der Waals surface area contributed by atoms with E-state index in [1.807, 2.05) is 12.3 Å². The van der Waals surface area contributed by atoms with Crippen molar-refractivity contribution in [3.05, 3.63) is 28.4 Å². The molecule has 3 rings (SSSR count). The van der Waals surface area contributed by atoms with Crippen molar-refractivity contribution in [2.75, 3.05) is 7.11 Å². The molecule has 0 aliphatic heterocycles. The molecule has 0 radical (unpaired) electrons. The normalized spacial score (nSPS) is 19.1. The number of hydrogen-bond acceptors (Lipinski definition) is 2. The Morgan fingerprint density at radius 1 is 1.56 bits per heavy atom. The quantitative estimate of drug-likeness (QED) is 0.800. The molecular formula is C12H13ClN2O. The first kappa shape index (κ1) is 10.00. The van der Waals surface area contributed by atoms with Gasteiger partial charge in [0.05, 0.1) is 12.1 Å². The number of rotatable bonds is 1. The molecule has 1 heterocycles. The first-order valence-electron chi connectivity index (χ1n) is 5.34. The topological polar surface area (TPSA) is 51.0 Å². The van der Waals surface area contributed by atoms with Crippen LogP contribution in [0.5, 0.6) is 5.75 Å². The number of hydrogen-bond donors (Lipinski definition) is 2. The van der Waals surface area contributed by atoms with Crippen molar-refractivity contribution in [1.29, 1.82) is 0 Å². The Hall–Kier alpha value is -1.19. The summed E-state index contributed by atoms with van der Waals surface area (Å²) in [5.74, 6) is 0.724. The maximum Gasteiger partial charge on any atom is 0.142 e. The maximum absolute atomic E-state index is 6.19. The summed E-state index contributed by atoms with van der Waals surface area (Å²) in [5, 5.41) is 1.82. The summed E-state index contributed by atoms with van der Waals surface area (Å²) in [7, 11) is 1.64. The van der Waals surface area contributed by atoms with E-state index < -0.39 is 0 Å². The van der Waals surface area contributed by atoms with Gasteiger partial charge in [-0.1, -0.05) is 11.6 Å². The predicted octanol–water partition coefficient (Wildman–Crippen LogP) is 2.78. The van der Waals surface area contributed by atoms with Crippen LogP contribution in [0, 0.1) is 0 Å². The van der Waals surface area contributed by atoms with E-state index in [1.54, 1.807) is 7.11 Å². The van der Waals surface area contributed by atoms with Crippen LogP contribution < -0.4 is 10.5 Å². The molecule has 1 atom stereocenters. The molecule has 3 N–H and O–H groups in total. The number of nitrogens with two attached hydrogens (primary N) is 1. The zero-order valence-electron chi connectivity index (χ0n) is 9.01. The second-order valence-electron chi connectivity index (χ2n) is 4.19. The van der Waals surface area contributed by atoms with Crippen LogP contribution in [0.4, 0.5) is 0 Å². The van der Waals surface area contributed by atoms with Crippen molar-refractivity contribution in [3.8, 4) is 5.75 Å². The molecule has 1 aliphatic carbocycles. The predicted molar refractivity (Wildman–Crippen MR) is 65.1 cm³/mol. The number of H-pyrrole nitrogens is 1. The first-order chi connectivity index (χ1) is 7.72. The third-order valence-corrected chi connectivity index (χ3v) is 3.57. The molecule has 84 valence electrons. The van der Waals surface area contributed by atoms with E-state index >= 15 is 0 Å². The van der Waals surface area contributed by atoms with Gasteiger partial charge in [-0.2, -0.15) is 0 Å². The minimum absolute atomic E-state index is 0.0134. The van der Waals surface area contributed by atoms with Crippen LogP contribution in [0.15, 0.2) is 12.3 Å². The standard InChI is InChI=1S/C12H13ClN2O/c1-16-12-7(13)4-9-10-6(5-15-9)2-3-8(14)11(10)12/h4-5,8,15H,2-3,14H2,1H3. The van der Waals surface area contributed by atoms with E-state index in [2.05, 4.69) is 4.98 Å². The Bertz CT molecular complexity index is 562. The number of ether oxygens (including phenoxy) is 1. The molecule has 0 spiro atoms.